The largest absolute Gasteiger partial charge is 0.271 e. The summed E-state index contributed by atoms with van der Waals surface area (Å²) in [7, 11) is 0. The average molecular weight is 234 g/mol. The van der Waals surface area contributed by atoms with Crippen LogP contribution in [0.4, 0.5) is 0 Å². The minimum atomic E-state index is 0.460. The lowest BCUT2D eigenvalue weighted by Crippen LogP contribution is -2.35. The smallest absolute Gasteiger partial charge is 0.0213 e. The summed E-state index contributed by atoms with van der Waals surface area (Å²) >= 11 is 0. The molecule has 0 fully saturated rings. The van der Waals surface area contributed by atoms with Crippen LogP contribution >= 0.6 is 0 Å². The van der Waals surface area contributed by atoms with E-state index in [9.17, 15) is 0 Å². The van der Waals surface area contributed by atoms with Gasteiger partial charge in [-0.15, -0.1) is 0 Å². The Morgan fingerprint density at radius 3 is 2.71 bits per heavy atom. The molecular formula is C15H26N2. The zero-order valence-corrected chi connectivity index (χ0v) is 11.2. The first-order chi connectivity index (χ1) is 8.26. The fourth-order valence-electron chi connectivity index (χ4n) is 2.16. The molecule has 0 spiro atoms. The first kappa shape index (κ1) is 14.2. The number of hydrogen-bond donors (Lipinski definition) is 2. The van der Waals surface area contributed by atoms with Gasteiger partial charge < -0.3 is 0 Å². The Kier molecular flexibility index (Phi) is 6.90. The first-order valence-corrected chi connectivity index (χ1v) is 6.78. The maximum Gasteiger partial charge on any atom is 0.0213 e. The summed E-state index contributed by atoms with van der Waals surface area (Å²) in [5.41, 5.74) is 5.70. The van der Waals surface area contributed by atoms with Gasteiger partial charge in [0.1, 0.15) is 0 Å². The van der Waals surface area contributed by atoms with Crippen LogP contribution in [0.15, 0.2) is 24.3 Å². The zero-order chi connectivity index (χ0) is 12.5. The Bertz CT molecular complexity index is 310. The molecule has 3 N–H and O–H groups in total. The van der Waals surface area contributed by atoms with Crippen molar-refractivity contribution >= 4 is 0 Å². The van der Waals surface area contributed by atoms with Gasteiger partial charge in [0.05, 0.1) is 0 Å². The molecule has 1 atom stereocenters. The topological polar surface area (TPSA) is 38.0 Å². The van der Waals surface area contributed by atoms with Gasteiger partial charge in [0, 0.05) is 6.04 Å². The van der Waals surface area contributed by atoms with Crippen molar-refractivity contribution in [2.75, 3.05) is 0 Å². The fourth-order valence-corrected chi connectivity index (χ4v) is 2.16. The lowest BCUT2D eigenvalue weighted by Gasteiger charge is -2.15. The third-order valence-electron chi connectivity index (χ3n) is 3.26. The van der Waals surface area contributed by atoms with Crippen LogP contribution in [-0.4, -0.2) is 6.04 Å². The van der Waals surface area contributed by atoms with E-state index >= 15 is 0 Å². The number of benzene rings is 1. The number of hydrogen-bond acceptors (Lipinski definition) is 2. The van der Waals surface area contributed by atoms with Crippen molar-refractivity contribution in [3.63, 3.8) is 0 Å². The second-order valence-electron chi connectivity index (χ2n) is 4.89. The summed E-state index contributed by atoms with van der Waals surface area (Å²) in [5.74, 6) is 5.60. The summed E-state index contributed by atoms with van der Waals surface area (Å²) in [6.07, 6.45) is 7.29. The highest BCUT2D eigenvalue weighted by molar-refractivity contribution is 5.22. The van der Waals surface area contributed by atoms with Crippen LogP contribution in [0, 0.1) is 6.92 Å². The highest BCUT2D eigenvalue weighted by Gasteiger charge is 2.06. The Hall–Kier alpha value is -0.860. The van der Waals surface area contributed by atoms with Gasteiger partial charge >= 0.3 is 0 Å². The van der Waals surface area contributed by atoms with E-state index in [1.165, 1.54) is 36.8 Å². The molecule has 0 amide bonds. The van der Waals surface area contributed by atoms with Crippen LogP contribution in [0.2, 0.25) is 0 Å². The predicted molar refractivity (Wildman–Crippen MR) is 74.8 cm³/mol. The van der Waals surface area contributed by atoms with Crippen molar-refractivity contribution in [3.05, 3.63) is 35.4 Å². The Labute approximate surface area is 106 Å². The van der Waals surface area contributed by atoms with E-state index in [1.807, 2.05) is 0 Å². The van der Waals surface area contributed by atoms with E-state index in [2.05, 4.69) is 43.5 Å². The quantitative estimate of drug-likeness (QED) is 0.411. The molecule has 0 aliphatic heterocycles. The molecule has 0 aliphatic rings. The van der Waals surface area contributed by atoms with E-state index in [0.29, 0.717) is 6.04 Å². The molecule has 2 nitrogen and oxygen atoms in total. The summed E-state index contributed by atoms with van der Waals surface area (Å²) in [6.45, 7) is 4.38. The van der Waals surface area contributed by atoms with Crippen molar-refractivity contribution in [1.82, 2.24) is 5.43 Å². The SMILES string of the molecule is CCCCCC(CCc1cccc(C)c1)NN. The van der Waals surface area contributed by atoms with Crippen molar-refractivity contribution < 1.29 is 0 Å². The molecule has 0 aliphatic carbocycles. The molecule has 1 aromatic rings. The molecule has 2 heteroatoms. The van der Waals surface area contributed by atoms with Gasteiger partial charge in [-0.2, -0.15) is 0 Å². The van der Waals surface area contributed by atoms with E-state index in [4.69, 9.17) is 5.84 Å². The van der Waals surface area contributed by atoms with Crippen molar-refractivity contribution in [3.8, 4) is 0 Å². The van der Waals surface area contributed by atoms with Crippen LogP contribution < -0.4 is 11.3 Å². The van der Waals surface area contributed by atoms with E-state index in [1.54, 1.807) is 0 Å². The highest BCUT2D eigenvalue weighted by atomic mass is 15.2. The van der Waals surface area contributed by atoms with Gasteiger partial charge in [-0.3, -0.25) is 11.3 Å². The summed E-state index contributed by atoms with van der Waals surface area (Å²) in [5, 5.41) is 0. The van der Waals surface area contributed by atoms with Crippen LogP contribution in [0.3, 0.4) is 0 Å². The Morgan fingerprint density at radius 1 is 1.24 bits per heavy atom. The van der Waals surface area contributed by atoms with Crippen molar-refractivity contribution in [2.45, 2.75) is 58.4 Å². The zero-order valence-electron chi connectivity index (χ0n) is 11.2. The number of hydrazine groups is 1. The van der Waals surface area contributed by atoms with Gasteiger partial charge in [-0.25, -0.2) is 0 Å². The number of aryl methyl sites for hydroxylation is 2. The molecular weight excluding hydrogens is 208 g/mol. The minimum absolute atomic E-state index is 0.460. The number of unbranched alkanes of at least 4 members (excludes halogenated alkanes) is 2. The van der Waals surface area contributed by atoms with E-state index in [-0.39, 0.29) is 0 Å². The second-order valence-corrected chi connectivity index (χ2v) is 4.89. The van der Waals surface area contributed by atoms with Gasteiger partial charge in [0.25, 0.3) is 0 Å². The second kappa shape index (κ2) is 8.26. The van der Waals surface area contributed by atoms with Crippen molar-refractivity contribution in [2.24, 2.45) is 5.84 Å². The maximum absolute atomic E-state index is 5.60. The third-order valence-corrected chi connectivity index (χ3v) is 3.26. The third kappa shape index (κ3) is 5.85. The van der Waals surface area contributed by atoms with Gasteiger partial charge in [-0.05, 0) is 31.7 Å². The average Bonchev–Trinajstić information content (AvgIpc) is 2.34. The minimum Gasteiger partial charge on any atom is -0.271 e. The summed E-state index contributed by atoms with van der Waals surface area (Å²) in [6, 6.07) is 9.20. The molecule has 17 heavy (non-hydrogen) atoms. The molecule has 0 saturated carbocycles. The molecule has 0 saturated heterocycles. The van der Waals surface area contributed by atoms with Gasteiger partial charge in [0.2, 0.25) is 0 Å². The normalized spacial score (nSPS) is 12.6. The number of nitrogens with one attached hydrogen (secondary N) is 1. The number of nitrogens with two attached hydrogens (primary N) is 1. The standard InChI is InChI=1S/C15H26N2/c1-3-4-5-9-15(17-16)11-10-14-8-6-7-13(2)12-14/h6-8,12,15,17H,3-5,9-11,16H2,1-2H3. The predicted octanol–water partition coefficient (Wildman–Crippen LogP) is 3.34. The molecule has 0 heterocycles. The highest BCUT2D eigenvalue weighted by Crippen LogP contribution is 2.11. The number of rotatable bonds is 8. The Balaban J connectivity index is 2.31. The maximum atomic E-state index is 5.60. The molecule has 1 aromatic carbocycles. The van der Waals surface area contributed by atoms with Gasteiger partial charge in [-0.1, -0.05) is 56.0 Å². The van der Waals surface area contributed by atoms with Gasteiger partial charge in [0.15, 0.2) is 0 Å². The lowest BCUT2D eigenvalue weighted by molar-refractivity contribution is 0.444. The molecule has 0 radical (unpaired) electrons. The molecule has 1 unspecified atom stereocenters. The molecule has 0 aromatic heterocycles. The molecule has 1 rings (SSSR count). The van der Waals surface area contributed by atoms with Crippen LogP contribution in [0.1, 0.15) is 50.2 Å². The summed E-state index contributed by atoms with van der Waals surface area (Å²) < 4.78 is 0. The van der Waals surface area contributed by atoms with Crippen LogP contribution in [0.25, 0.3) is 0 Å². The summed E-state index contributed by atoms with van der Waals surface area (Å²) in [4.78, 5) is 0. The lowest BCUT2D eigenvalue weighted by atomic mass is 10.00. The van der Waals surface area contributed by atoms with E-state index < -0.39 is 0 Å². The molecule has 0 bridgehead atoms. The monoisotopic (exact) mass is 234 g/mol. The Morgan fingerprint density at radius 2 is 2.06 bits per heavy atom. The van der Waals surface area contributed by atoms with Crippen LogP contribution in [0.5, 0.6) is 0 Å². The fraction of sp³-hybridized carbons (Fsp3) is 0.600. The molecule has 96 valence electrons. The van der Waals surface area contributed by atoms with E-state index in [0.717, 1.165) is 12.8 Å². The van der Waals surface area contributed by atoms with Crippen molar-refractivity contribution in [1.29, 1.82) is 0 Å². The first-order valence-electron chi connectivity index (χ1n) is 6.78. The van der Waals surface area contributed by atoms with Crippen LogP contribution in [-0.2, 0) is 6.42 Å².